The van der Waals surface area contributed by atoms with Crippen molar-refractivity contribution in [2.24, 2.45) is 0 Å². The second-order valence-electron chi connectivity index (χ2n) is 6.52. The SMILES string of the molecule is O=C(N[C@H]1CCc2c(C(=O)Nc3ccc(F)c(Cl)c3)ccc(F)c21)OCCCO. The summed E-state index contributed by atoms with van der Waals surface area (Å²) in [6.07, 6.45) is 0.391. The van der Waals surface area contributed by atoms with Crippen LogP contribution in [-0.2, 0) is 11.2 Å². The minimum atomic E-state index is -0.716. The molecule has 6 nitrogen and oxygen atoms in total. The summed E-state index contributed by atoms with van der Waals surface area (Å²) in [4.78, 5) is 24.5. The first-order valence-corrected chi connectivity index (χ1v) is 9.40. The summed E-state index contributed by atoms with van der Waals surface area (Å²) in [5, 5.41) is 13.8. The molecule has 29 heavy (non-hydrogen) atoms. The Hall–Kier alpha value is -2.71. The Kier molecular flexibility index (Phi) is 6.66. The maximum absolute atomic E-state index is 14.4. The van der Waals surface area contributed by atoms with Gasteiger partial charge in [0.25, 0.3) is 5.91 Å². The third kappa shape index (κ3) is 4.83. The molecule has 2 aromatic rings. The molecule has 2 aromatic carbocycles. The van der Waals surface area contributed by atoms with E-state index in [0.717, 1.165) is 6.07 Å². The zero-order valence-corrected chi connectivity index (χ0v) is 16.1. The lowest BCUT2D eigenvalue weighted by Gasteiger charge is -2.16. The number of aliphatic hydroxyl groups excluding tert-OH is 1. The lowest BCUT2D eigenvalue weighted by atomic mass is 10.0. The molecule has 1 aliphatic carbocycles. The van der Waals surface area contributed by atoms with Crippen LogP contribution in [-0.4, -0.2) is 30.3 Å². The second kappa shape index (κ2) is 9.19. The standard InChI is InChI=1S/C20H19ClF2N2O4/c21-14-10-11(2-5-15(14)22)24-19(27)13-3-6-16(23)18-12(13)4-7-17(18)25-20(28)29-9-1-8-26/h2-3,5-6,10,17,26H,1,4,7-9H2,(H,24,27)(H,25,28)/t17-/m0/s1. The highest BCUT2D eigenvalue weighted by atomic mass is 35.5. The third-order valence-electron chi connectivity index (χ3n) is 4.59. The number of alkyl carbamates (subject to hydrolysis) is 1. The first kappa shape index (κ1) is 21.0. The number of carbonyl (C=O) groups excluding carboxylic acids is 2. The van der Waals surface area contributed by atoms with Crippen LogP contribution in [0.3, 0.4) is 0 Å². The van der Waals surface area contributed by atoms with E-state index in [0.29, 0.717) is 30.5 Å². The van der Waals surface area contributed by atoms with Crippen molar-refractivity contribution in [3.8, 4) is 0 Å². The summed E-state index contributed by atoms with van der Waals surface area (Å²) in [7, 11) is 0. The lowest BCUT2D eigenvalue weighted by molar-refractivity contribution is 0.102. The van der Waals surface area contributed by atoms with Gasteiger partial charge in [-0.3, -0.25) is 4.79 Å². The van der Waals surface area contributed by atoms with Crippen molar-refractivity contribution in [2.45, 2.75) is 25.3 Å². The molecule has 3 N–H and O–H groups in total. The molecule has 1 atom stereocenters. The van der Waals surface area contributed by atoms with Crippen LogP contribution < -0.4 is 10.6 Å². The smallest absolute Gasteiger partial charge is 0.407 e. The van der Waals surface area contributed by atoms with Gasteiger partial charge in [0.2, 0.25) is 0 Å². The summed E-state index contributed by atoms with van der Waals surface area (Å²) in [6.45, 7) is -0.0566. The number of aliphatic hydroxyl groups is 1. The van der Waals surface area contributed by atoms with E-state index >= 15 is 0 Å². The molecule has 2 amide bonds. The number of fused-ring (bicyclic) bond motifs is 1. The van der Waals surface area contributed by atoms with Crippen LogP contribution in [0.2, 0.25) is 5.02 Å². The van der Waals surface area contributed by atoms with Gasteiger partial charge >= 0.3 is 6.09 Å². The quantitative estimate of drug-likeness (QED) is 0.612. The zero-order valence-electron chi connectivity index (χ0n) is 15.3. The molecular weight excluding hydrogens is 406 g/mol. The van der Waals surface area contributed by atoms with Crippen molar-refractivity contribution in [1.29, 1.82) is 0 Å². The average molecular weight is 425 g/mol. The van der Waals surface area contributed by atoms with Crippen LogP contribution in [0.4, 0.5) is 19.3 Å². The van der Waals surface area contributed by atoms with Crippen molar-refractivity contribution in [2.75, 3.05) is 18.5 Å². The Labute approximate surface area is 170 Å². The third-order valence-corrected chi connectivity index (χ3v) is 4.87. The summed E-state index contributed by atoms with van der Waals surface area (Å²) < 4.78 is 32.7. The van der Waals surface area contributed by atoms with Crippen molar-refractivity contribution in [3.63, 3.8) is 0 Å². The molecule has 0 fully saturated rings. The fourth-order valence-electron chi connectivity index (χ4n) is 3.26. The number of hydrogen-bond donors (Lipinski definition) is 3. The minimum absolute atomic E-state index is 0.0487. The molecule has 0 bridgehead atoms. The van der Waals surface area contributed by atoms with Crippen LogP contribution >= 0.6 is 11.6 Å². The van der Waals surface area contributed by atoms with Gasteiger partial charge in [-0.05, 0) is 48.7 Å². The Morgan fingerprint density at radius 1 is 1.21 bits per heavy atom. The summed E-state index contributed by atoms with van der Waals surface area (Å²) in [5.74, 6) is -1.62. The Balaban J connectivity index is 1.77. The number of halogens is 3. The first-order chi connectivity index (χ1) is 13.9. The fourth-order valence-corrected chi connectivity index (χ4v) is 3.44. The normalized spacial score (nSPS) is 15.0. The van der Waals surface area contributed by atoms with E-state index < -0.39 is 29.7 Å². The van der Waals surface area contributed by atoms with E-state index in [1.807, 2.05) is 0 Å². The summed E-state index contributed by atoms with van der Waals surface area (Å²) in [6, 6.07) is 5.70. The zero-order chi connectivity index (χ0) is 21.0. The van der Waals surface area contributed by atoms with E-state index in [9.17, 15) is 18.4 Å². The van der Waals surface area contributed by atoms with Crippen LogP contribution in [0.25, 0.3) is 0 Å². The Morgan fingerprint density at radius 3 is 2.69 bits per heavy atom. The fraction of sp³-hybridized carbons (Fsp3) is 0.300. The van der Waals surface area contributed by atoms with E-state index in [2.05, 4.69) is 10.6 Å². The molecule has 0 radical (unpaired) electrons. The van der Waals surface area contributed by atoms with Crippen molar-refractivity contribution >= 4 is 29.3 Å². The maximum atomic E-state index is 14.4. The molecule has 154 valence electrons. The van der Waals surface area contributed by atoms with Gasteiger partial charge in [-0.25, -0.2) is 13.6 Å². The molecule has 0 saturated carbocycles. The Morgan fingerprint density at radius 2 is 1.97 bits per heavy atom. The van der Waals surface area contributed by atoms with Gasteiger partial charge in [-0.15, -0.1) is 0 Å². The van der Waals surface area contributed by atoms with Gasteiger partial charge in [-0.2, -0.15) is 0 Å². The molecule has 0 unspecified atom stereocenters. The Bertz CT molecular complexity index is 939. The van der Waals surface area contributed by atoms with Gasteiger partial charge in [0, 0.05) is 29.8 Å². The van der Waals surface area contributed by atoms with E-state index in [-0.39, 0.29) is 29.4 Å². The monoisotopic (exact) mass is 424 g/mol. The van der Waals surface area contributed by atoms with Gasteiger partial charge in [-0.1, -0.05) is 11.6 Å². The van der Waals surface area contributed by atoms with Crippen LogP contribution in [0.15, 0.2) is 30.3 Å². The summed E-state index contributed by atoms with van der Waals surface area (Å²) in [5.41, 5.74) is 1.31. The predicted molar refractivity (Wildman–Crippen MR) is 103 cm³/mol. The molecule has 0 saturated heterocycles. The molecular formula is C20H19ClF2N2O4. The largest absolute Gasteiger partial charge is 0.449 e. The number of anilines is 1. The number of hydrogen-bond acceptors (Lipinski definition) is 4. The van der Waals surface area contributed by atoms with Gasteiger partial charge in [0.15, 0.2) is 0 Å². The minimum Gasteiger partial charge on any atom is -0.449 e. The topological polar surface area (TPSA) is 87.7 Å². The van der Waals surface area contributed by atoms with Crippen molar-refractivity contribution in [1.82, 2.24) is 5.32 Å². The summed E-state index contributed by atoms with van der Waals surface area (Å²) >= 11 is 5.73. The van der Waals surface area contributed by atoms with Crippen LogP contribution in [0, 0.1) is 11.6 Å². The number of nitrogens with one attached hydrogen (secondary N) is 2. The number of carbonyl (C=O) groups is 2. The molecule has 1 aliphatic rings. The molecule has 3 rings (SSSR count). The van der Waals surface area contributed by atoms with Crippen molar-refractivity contribution in [3.05, 3.63) is 63.7 Å². The molecule has 0 aliphatic heterocycles. The van der Waals surface area contributed by atoms with Gasteiger partial charge in [0.1, 0.15) is 11.6 Å². The van der Waals surface area contributed by atoms with Crippen LogP contribution in [0.1, 0.15) is 40.4 Å². The number of ether oxygens (including phenoxy) is 1. The number of benzene rings is 2. The highest BCUT2D eigenvalue weighted by Crippen LogP contribution is 2.36. The van der Waals surface area contributed by atoms with Crippen molar-refractivity contribution < 1.29 is 28.2 Å². The molecule has 0 spiro atoms. The van der Waals surface area contributed by atoms with Gasteiger partial charge in [0.05, 0.1) is 17.7 Å². The molecule has 0 heterocycles. The molecule has 0 aromatic heterocycles. The average Bonchev–Trinajstić information content (AvgIpc) is 3.09. The number of rotatable bonds is 6. The highest BCUT2D eigenvalue weighted by molar-refractivity contribution is 6.31. The maximum Gasteiger partial charge on any atom is 0.407 e. The highest BCUT2D eigenvalue weighted by Gasteiger charge is 2.31. The predicted octanol–water partition coefficient (Wildman–Crippen LogP) is 3.97. The van der Waals surface area contributed by atoms with E-state index in [1.165, 1.54) is 24.3 Å². The lowest BCUT2D eigenvalue weighted by Crippen LogP contribution is -2.29. The van der Waals surface area contributed by atoms with E-state index in [4.69, 9.17) is 21.4 Å². The van der Waals surface area contributed by atoms with Crippen LogP contribution in [0.5, 0.6) is 0 Å². The van der Waals surface area contributed by atoms with Gasteiger partial charge < -0.3 is 20.5 Å². The number of amides is 2. The first-order valence-electron chi connectivity index (χ1n) is 9.02. The van der Waals surface area contributed by atoms with E-state index in [1.54, 1.807) is 0 Å². The molecule has 9 heteroatoms. The second-order valence-corrected chi connectivity index (χ2v) is 6.93.